The highest BCUT2D eigenvalue weighted by Crippen LogP contribution is 2.24. The fourth-order valence-corrected chi connectivity index (χ4v) is 2.41. The molecule has 1 aliphatic carbocycles. The number of aromatic nitrogens is 2. The van der Waals surface area contributed by atoms with Crippen LogP contribution in [0.3, 0.4) is 0 Å². The molecule has 1 unspecified atom stereocenters. The summed E-state index contributed by atoms with van der Waals surface area (Å²) < 4.78 is 40.4. The van der Waals surface area contributed by atoms with Gasteiger partial charge in [-0.2, -0.15) is 0 Å². The van der Waals surface area contributed by atoms with Crippen molar-refractivity contribution in [3.63, 3.8) is 0 Å². The highest BCUT2D eigenvalue weighted by atomic mass is 16.2. The molecular weight excluding hydrogens is 270 g/mol. The van der Waals surface area contributed by atoms with E-state index in [4.69, 9.17) is 12.6 Å². The maximum absolute atomic E-state index is 13.0. The van der Waals surface area contributed by atoms with Gasteiger partial charge in [0, 0.05) is 14.8 Å². The summed E-state index contributed by atoms with van der Waals surface area (Å²) in [4.78, 5) is 41.0. The Morgan fingerprint density at radius 3 is 2.90 bits per heavy atom. The first-order valence-electron chi connectivity index (χ1n) is 8.80. The number of carbonyl (C=O) groups excluding carboxylic acids is 2. The number of carbonyl (C=O) groups is 2. The Morgan fingerprint density at radius 1 is 1.43 bits per heavy atom. The largest absolute Gasteiger partial charge is 0.398 e. The van der Waals surface area contributed by atoms with Gasteiger partial charge in [0.2, 0.25) is 0 Å². The van der Waals surface area contributed by atoms with Crippen LogP contribution in [0.15, 0.2) is 22.9 Å². The zero-order valence-corrected chi connectivity index (χ0v) is 11.2. The molecule has 3 rings (SSSR count). The molecule has 1 aromatic heterocycles. The van der Waals surface area contributed by atoms with Crippen LogP contribution < -0.4 is 11.3 Å². The number of nitrogens with two attached hydrogens (primary N) is 1. The minimum atomic E-state index is -2.28. The molecule has 0 amide bonds. The highest BCUT2D eigenvalue weighted by Gasteiger charge is 2.30. The number of ketones is 2. The van der Waals surface area contributed by atoms with E-state index in [2.05, 4.69) is 4.98 Å². The monoisotopic (exact) mass is 290 g/mol. The summed E-state index contributed by atoms with van der Waals surface area (Å²) >= 11 is 0. The molecule has 2 aromatic rings. The molecule has 0 saturated heterocycles. The van der Waals surface area contributed by atoms with Gasteiger partial charge in [-0.05, 0) is 25.4 Å². The fourth-order valence-electron chi connectivity index (χ4n) is 2.41. The average Bonchev–Trinajstić information content (AvgIpc) is 2.51. The molecule has 1 heterocycles. The van der Waals surface area contributed by atoms with E-state index in [0.29, 0.717) is 0 Å². The Labute approximate surface area is 127 Å². The molecule has 21 heavy (non-hydrogen) atoms. The number of nitrogens with zero attached hydrogens (tertiary/aromatic N) is 2. The van der Waals surface area contributed by atoms with Crippen molar-refractivity contribution in [1.82, 2.24) is 9.55 Å². The van der Waals surface area contributed by atoms with Gasteiger partial charge in [-0.3, -0.25) is 19.0 Å². The van der Waals surface area contributed by atoms with Gasteiger partial charge in [-0.15, -0.1) is 0 Å². The van der Waals surface area contributed by atoms with Gasteiger partial charge in [0.15, 0.2) is 5.78 Å². The van der Waals surface area contributed by atoms with E-state index in [0.717, 1.165) is 4.57 Å². The number of hydrogen-bond donors (Lipinski definition) is 1. The third kappa shape index (κ3) is 2.12. The van der Waals surface area contributed by atoms with Crippen LogP contribution in [-0.2, 0) is 9.59 Å². The van der Waals surface area contributed by atoms with Crippen molar-refractivity contribution in [1.29, 1.82) is 0 Å². The molecule has 108 valence electrons. The van der Waals surface area contributed by atoms with Gasteiger partial charge in [0.25, 0.3) is 5.56 Å². The van der Waals surface area contributed by atoms with Crippen LogP contribution in [0.1, 0.15) is 37.9 Å². The van der Waals surface area contributed by atoms with Crippen molar-refractivity contribution >= 4 is 28.2 Å². The first-order chi connectivity index (χ1) is 12.0. The van der Waals surface area contributed by atoms with E-state index in [9.17, 15) is 14.4 Å². The molecule has 0 radical (unpaired) electrons. The zero-order valence-electron chi connectivity index (χ0n) is 16.2. The van der Waals surface area contributed by atoms with Crippen LogP contribution in [0.25, 0.3) is 10.9 Å². The second-order valence-electron chi connectivity index (χ2n) is 4.81. The van der Waals surface area contributed by atoms with Crippen LogP contribution in [0.4, 0.5) is 5.69 Å². The van der Waals surface area contributed by atoms with Crippen molar-refractivity contribution in [3.8, 4) is 0 Å². The topological polar surface area (TPSA) is 95.0 Å². The van der Waals surface area contributed by atoms with Crippen molar-refractivity contribution < 1.29 is 16.4 Å². The van der Waals surface area contributed by atoms with E-state index >= 15 is 0 Å². The van der Waals surface area contributed by atoms with Crippen molar-refractivity contribution in [2.75, 3.05) is 5.73 Å². The lowest BCUT2D eigenvalue weighted by molar-refractivity contribution is -0.132. The Kier molecular flexibility index (Phi) is 1.99. The number of aryl methyl sites for hydroxylation is 1. The van der Waals surface area contributed by atoms with Crippen molar-refractivity contribution in [2.24, 2.45) is 0 Å². The van der Waals surface area contributed by atoms with Crippen LogP contribution in [-0.4, -0.2) is 21.1 Å². The summed E-state index contributed by atoms with van der Waals surface area (Å²) in [6, 6.07) is -2.98. The summed E-state index contributed by atoms with van der Waals surface area (Å²) in [5, 5.41) is -0.304. The normalized spacial score (nSPS) is 25.0. The molecule has 6 heteroatoms. The molecule has 1 saturated carbocycles. The number of fused-ring (bicyclic) bond motifs is 1. The van der Waals surface area contributed by atoms with Crippen LogP contribution in [0, 0.1) is 6.92 Å². The SMILES string of the molecule is [2H]c1c([2H])c(N)c2c(=O)n(C3C(=O)CC(=O)CC3([2H])[2H])c(C)nc2c1[2H]. The maximum atomic E-state index is 13.0. The van der Waals surface area contributed by atoms with Crippen LogP contribution in [0.2, 0.25) is 0 Å². The van der Waals surface area contributed by atoms with Crippen molar-refractivity contribution in [2.45, 2.75) is 32.2 Å². The Hall–Kier alpha value is -2.50. The van der Waals surface area contributed by atoms with Crippen molar-refractivity contribution in [3.05, 3.63) is 34.3 Å². The molecule has 1 aromatic carbocycles. The van der Waals surface area contributed by atoms with Gasteiger partial charge in [0.05, 0.1) is 27.5 Å². The van der Waals surface area contributed by atoms with E-state index in [1.54, 1.807) is 0 Å². The van der Waals surface area contributed by atoms with E-state index in [-0.39, 0.29) is 22.4 Å². The average molecular weight is 290 g/mol. The molecular formula is C15H15N3O3. The lowest BCUT2D eigenvalue weighted by Gasteiger charge is -2.24. The predicted molar refractivity (Wildman–Crippen MR) is 78.1 cm³/mol. The number of nitrogen functional groups attached to an aromatic ring is 1. The molecule has 2 N–H and O–H groups in total. The van der Waals surface area contributed by atoms with Gasteiger partial charge >= 0.3 is 0 Å². The second kappa shape index (κ2) is 4.80. The minimum Gasteiger partial charge on any atom is -0.398 e. The summed E-state index contributed by atoms with van der Waals surface area (Å²) in [6.45, 7) is 1.37. The maximum Gasteiger partial charge on any atom is 0.264 e. The predicted octanol–water partition coefficient (Wildman–Crippen LogP) is 1.15. The summed E-state index contributed by atoms with van der Waals surface area (Å²) in [5.41, 5.74) is 4.38. The Morgan fingerprint density at radius 2 is 2.19 bits per heavy atom. The number of hydrogen-bond acceptors (Lipinski definition) is 5. The van der Waals surface area contributed by atoms with E-state index in [1.807, 2.05) is 0 Å². The van der Waals surface area contributed by atoms with Gasteiger partial charge in [0.1, 0.15) is 11.6 Å². The first kappa shape index (κ1) is 8.71. The molecule has 1 atom stereocenters. The number of Topliss-reactive ketones (excluding diaryl/α,β-unsaturated/α-hetero) is 2. The summed E-state index contributed by atoms with van der Waals surface area (Å²) in [5.74, 6) is -1.33. The molecule has 1 fully saturated rings. The van der Waals surface area contributed by atoms with E-state index < -0.39 is 60.5 Å². The molecule has 1 aliphatic rings. The number of benzene rings is 1. The second-order valence-corrected chi connectivity index (χ2v) is 4.81. The van der Waals surface area contributed by atoms with E-state index in [1.165, 1.54) is 6.92 Å². The summed E-state index contributed by atoms with van der Waals surface area (Å²) in [7, 11) is 0. The van der Waals surface area contributed by atoms with Crippen LogP contribution >= 0.6 is 0 Å². The quantitative estimate of drug-likeness (QED) is 0.628. The molecule has 0 aliphatic heterocycles. The van der Waals surface area contributed by atoms with Crippen LogP contribution in [0.5, 0.6) is 0 Å². The standard InChI is InChI=1S/C15H15N3O3/c1-8-17-11-4-2-3-10(16)14(11)15(21)18(8)12-6-5-9(19)7-13(12)20/h2-4,12H,5-7,16H2,1H3/i2D,3D,4D,6D2. The molecule has 0 bridgehead atoms. The third-order valence-electron chi connectivity index (χ3n) is 3.37. The van der Waals surface area contributed by atoms with Gasteiger partial charge in [-0.1, -0.05) is 6.04 Å². The highest BCUT2D eigenvalue weighted by molar-refractivity contribution is 6.03. The third-order valence-corrected chi connectivity index (χ3v) is 3.37. The van der Waals surface area contributed by atoms with Gasteiger partial charge in [-0.25, -0.2) is 4.98 Å². The Balaban J connectivity index is 2.41. The Bertz CT molecular complexity index is 1050. The zero-order chi connectivity index (χ0) is 19.5. The first-order valence-corrected chi connectivity index (χ1v) is 6.30. The molecule has 6 nitrogen and oxygen atoms in total. The smallest absolute Gasteiger partial charge is 0.264 e. The number of anilines is 1. The lowest BCUT2D eigenvalue weighted by Crippen LogP contribution is -2.36. The minimum absolute atomic E-state index is 0.0379. The lowest BCUT2D eigenvalue weighted by atomic mass is 9.92. The summed E-state index contributed by atoms with van der Waals surface area (Å²) in [6.07, 6.45) is -3.28. The number of rotatable bonds is 1. The van der Waals surface area contributed by atoms with Gasteiger partial charge < -0.3 is 5.73 Å². The molecule has 0 spiro atoms. The fraction of sp³-hybridized carbons (Fsp3) is 0.333.